The van der Waals surface area contributed by atoms with E-state index in [1.54, 1.807) is 4.90 Å². The second-order valence-corrected chi connectivity index (χ2v) is 4.98. The van der Waals surface area contributed by atoms with Crippen molar-refractivity contribution in [3.63, 3.8) is 0 Å². The largest absolute Gasteiger partial charge is 0.352 e. The molecule has 2 amide bonds. The van der Waals surface area contributed by atoms with Gasteiger partial charge in [-0.25, -0.2) is 0 Å². The van der Waals surface area contributed by atoms with Crippen molar-refractivity contribution in [2.75, 3.05) is 13.1 Å². The Kier molecular flexibility index (Phi) is 3.35. The van der Waals surface area contributed by atoms with E-state index in [4.69, 9.17) is 10.5 Å². The van der Waals surface area contributed by atoms with Crippen molar-refractivity contribution < 1.29 is 14.3 Å². The maximum Gasteiger partial charge on any atom is 0.237 e. The molecule has 0 saturated carbocycles. The smallest absolute Gasteiger partial charge is 0.237 e. The van der Waals surface area contributed by atoms with E-state index in [1.165, 1.54) is 0 Å². The fourth-order valence-electron chi connectivity index (χ4n) is 2.00. The molecule has 2 saturated heterocycles. The molecule has 0 aliphatic carbocycles. The number of amides is 2. The third kappa shape index (κ3) is 2.42. The summed E-state index contributed by atoms with van der Waals surface area (Å²) in [5, 5.41) is 2.76. The average molecular weight is 241 g/mol. The van der Waals surface area contributed by atoms with Gasteiger partial charge in [0.05, 0.1) is 25.1 Å². The van der Waals surface area contributed by atoms with Crippen molar-refractivity contribution in [3.8, 4) is 0 Å². The van der Waals surface area contributed by atoms with Gasteiger partial charge in [-0.2, -0.15) is 0 Å². The van der Waals surface area contributed by atoms with Gasteiger partial charge in [-0.3, -0.25) is 9.59 Å². The molecular formula is C11H19N3O3. The maximum absolute atomic E-state index is 11.6. The van der Waals surface area contributed by atoms with Crippen LogP contribution in [0.25, 0.3) is 0 Å². The molecule has 6 nitrogen and oxygen atoms in total. The average Bonchev–Trinajstić information content (AvgIpc) is 2.61. The monoisotopic (exact) mass is 241 g/mol. The number of nitrogens with zero attached hydrogens (tertiary/aromatic N) is 1. The molecule has 2 rings (SSSR count). The van der Waals surface area contributed by atoms with Crippen molar-refractivity contribution >= 4 is 11.8 Å². The SMILES string of the molecule is CC(C)C(N)C(=O)NCC1CN2C(=O)CC2O1. The van der Waals surface area contributed by atoms with Crippen molar-refractivity contribution in [2.24, 2.45) is 11.7 Å². The highest BCUT2D eigenvalue weighted by Crippen LogP contribution is 2.28. The third-order valence-electron chi connectivity index (χ3n) is 3.29. The van der Waals surface area contributed by atoms with Crippen LogP contribution in [-0.2, 0) is 14.3 Å². The standard InChI is InChI=1S/C11H19N3O3/c1-6(2)10(12)11(16)13-4-7-5-14-8(15)3-9(14)17-7/h6-7,9-10H,3-5,12H2,1-2H3,(H,13,16). The lowest BCUT2D eigenvalue weighted by atomic mass is 10.1. The molecule has 2 aliphatic rings. The van der Waals surface area contributed by atoms with Crippen LogP contribution in [0, 0.1) is 5.92 Å². The fourth-order valence-corrected chi connectivity index (χ4v) is 2.00. The number of carbonyl (C=O) groups excluding carboxylic acids is 2. The Bertz CT molecular complexity index is 332. The van der Waals surface area contributed by atoms with E-state index < -0.39 is 6.04 Å². The lowest BCUT2D eigenvalue weighted by Crippen LogP contribution is -2.48. The van der Waals surface area contributed by atoms with Crippen LogP contribution in [0.4, 0.5) is 0 Å². The number of nitrogens with two attached hydrogens (primary N) is 1. The minimum Gasteiger partial charge on any atom is -0.352 e. The molecule has 2 fully saturated rings. The normalized spacial score (nSPS) is 28.9. The van der Waals surface area contributed by atoms with Gasteiger partial charge < -0.3 is 20.7 Å². The summed E-state index contributed by atoms with van der Waals surface area (Å²) in [5.74, 6) is 0.0767. The van der Waals surface area contributed by atoms with Crippen LogP contribution in [0.1, 0.15) is 20.3 Å². The van der Waals surface area contributed by atoms with E-state index in [2.05, 4.69) is 5.32 Å². The molecule has 0 aromatic rings. The zero-order valence-electron chi connectivity index (χ0n) is 10.2. The van der Waals surface area contributed by atoms with E-state index in [-0.39, 0.29) is 30.1 Å². The van der Waals surface area contributed by atoms with Gasteiger partial charge in [-0.05, 0) is 5.92 Å². The molecule has 0 bridgehead atoms. The number of hydrogen-bond donors (Lipinski definition) is 2. The Hall–Kier alpha value is -1.14. The maximum atomic E-state index is 11.6. The predicted molar refractivity (Wildman–Crippen MR) is 60.8 cm³/mol. The van der Waals surface area contributed by atoms with Gasteiger partial charge in [-0.15, -0.1) is 0 Å². The molecule has 2 aliphatic heterocycles. The number of rotatable bonds is 4. The first-order valence-corrected chi connectivity index (χ1v) is 5.97. The molecule has 17 heavy (non-hydrogen) atoms. The van der Waals surface area contributed by atoms with E-state index in [9.17, 15) is 9.59 Å². The lowest BCUT2D eigenvalue weighted by Gasteiger charge is -2.31. The topological polar surface area (TPSA) is 84.7 Å². The summed E-state index contributed by atoms with van der Waals surface area (Å²) in [5.41, 5.74) is 5.72. The predicted octanol–water partition coefficient (Wildman–Crippen LogP) is -0.957. The Morgan fingerprint density at radius 2 is 2.35 bits per heavy atom. The summed E-state index contributed by atoms with van der Waals surface area (Å²) in [6.45, 7) is 4.79. The van der Waals surface area contributed by atoms with Crippen LogP contribution in [0.5, 0.6) is 0 Å². The van der Waals surface area contributed by atoms with E-state index >= 15 is 0 Å². The van der Waals surface area contributed by atoms with E-state index in [1.807, 2.05) is 13.8 Å². The molecule has 0 aromatic heterocycles. The molecule has 3 atom stereocenters. The first kappa shape index (κ1) is 12.3. The van der Waals surface area contributed by atoms with Crippen LogP contribution in [0.2, 0.25) is 0 Å². The second kappa shape index (κ2) is 4.62. The van der Waals surface area contributed by atoms with Gasteiger partial charge in [0.2, 0.25) is 11.8 Å². The number of nitrogens with one attached hydrogen (secondary N) is 1. The summed E-state index contributed by atoms with van der Waals surface area (Å²) in [6, 6.07) is -0.491. The highest BCUT2D eigenvalue weighted by Gasteiger charge is 2.45. The van der Waals surface area contributed by atoms with Crippen LogP contribution in [0.3, 0.4) is 0 Å². The zero-order chi connectivity index (χ0) is 12.6. The van der Waals surface area contributed by atoms with E-state index in [0.717, 1.165) is 0 Å². The Balaban J connectivity index is 1.73. The van der Waals surface area contributed by atoms with Crippen molar-refractivity contribution in [2.45, 2.75) is 38.6 Å². The number of fused-ring (bicyclic) bond motifs is 1. The summed E-state index contributed by atoms with van der Waals surface area (Å²) >= 11 is 0. The zero-order valence-corrected chi connectivity index (χ0v) is 10.2. The van der Waals surface area contributed by atoms with Crippen LogP contribution in [-0.4, -0.2) is 48.2 Å². The first-order valence-electron chi connectivity index (χ1n) is 5.97. The molecule has 3 unspecified atom stereocenters. The summed E-state index contributed by atoms with van der Waals surface area (Å²) in [6.07, 6.45) is 0.300. The third-order valence-corrected chi connectivity index (χ3v) is 3.29. The number of β-lactam (4-membered cyclic amide) rings is 1. The fraction of sp³-hybridized carbons (Fsp3) is 0.818. The highest BCUT2D eigenvalue weighted by molar-refractivity contribution is 5.83. The van der Waals surface area contributed by atoms with E-state index in [0.29, 0.717) is 19.5 Å². The van der Waals surface area contributed by atoms with Gasteiger partial charge in [0.1, 0.15) is 6.23 Å². The summed E-state index contributed by atoms with van der Waals surface area (Å²) in [4.78, 5) is 24.4. The van der Waals surface area contributed by atoms with Crippen LogP contribution in [0.15, 0.2) is 0 Å². The summed E-state index contributed by atoms with van der Waals surface area (Å²) < 4.78 is 5.57. The van der Waals surface area contributed by atoms with Gasteiger partial charge >= 0.3 is 0 Å². The number of carbonyl (C=O) groups is 2. The van der Waals surface area contributed by atoms with Gasteiger partial charge in [0, 0.05) is 6.54 Å². The van der Waals surface area contributed by atoms with Crippen molar-refractivity contribution in [1.29, 1.82) is 0 Å². The Morgan fingerprint density at radius 1 is 1.65 bits per heavy atom. The van der Waals surface area contributed by atoms with Crippen LogP contribution >= 0.6 is 0 Å². The quantitative estimate of drug-likeness (QED) is 0.621. The molecule has 2 heterocycles. The second-order valence-electron chi connectivity index (χ2n) is 4.98. The molecule has 0 spiro atoms. The van der Waals surface area contributed by atoms with Crippen molar-refractivity contribution in [1.82, 2.24) is 10.2 Å². The molecule has 96 valence electrons. The van der Waals surface area contributed by atoms with Crippen molar-refractivity contribution in [3.05, 3.63) is 0 Å². The minimum atomic E-state index is -0.491. The molecule has 0 radical (unpaired) electrons. The van der Waals surface area contributed by atoms with Crippen LogP contribution < -0.4 is 11.1 Å². The first-order chi connectivity index (χ1) is 7.99. The molecule has 0 aromatic carbocycles. The molecule has 3 N–H and O–H groups in total. The Labute approximate surface area is 100 Å². The molecular weight excluding hydrogens is 222 g/mol. The number of ether oxygens (including phenoxy) is 1. The highest BCUT2D eigenvalue weighted by atomic mass is 16.5. The van der Waals surface area contributed by atoms with Gasteiger partial charge in [0.15, 0.2) is 0 Å². The Morgan fingerprint density at radius 3 is 2.88 bits per heavy atom. The summed E-state index contributed by atoms with van der Waals surface area (Å²) in [7, 11) is 0. The minimum absolute atomic E-state index is 0.0665. The van der Waals surface area contributed by atoms with Gasteiger partial charge in [-0.1, -0.05) is 13.8 Å². The molecule has 6 heteroatoms. The van der Waals surface area contributed by atoms with Gasteiger partial charge in [0.25, 0.3) is 0 Å². The number of hydrogen-bond acceptors (Lipinski definition) is 4. The lowest BCUT2D eigenvalue weighted by molar-refractivity contribution is -0.156.